The van der Waals surface area contributed by atoms with E-state index in [-0.39, 0.29) is 0 Å². The molecule has 20 heavy (non-hydrogen) atoms. The molecule has 2 heterocycles. The summed E-state index contributed by atoms with van der Waals surface area (Å²) in [6, 6.07) is 12.7. The number of pyridine rings is 1. The van der Waals surface area contributed by atoms with Gasteiger partial charge in [0.25, 0.3) is 0 Å². The van der Waals surface area contributed by atoms with Crippen LogP contribution in [0.25, 0.3) is 5.57 Å². The second kappa shape index (κ2) is 4.76. The van der Waals surface area contributed by atoms with Gasteiger partial charge >= 0.3 is 0 Å². The van der Waals surface area contributed by atoms with E-state index in [1.807, 2.05) is 12.4 Å². The highest BCUT2D eigenvalue weighted by Crippen LogP contribution is 2.48. The molecule has 0 saturated carbocycles. The molecule has 3 rings (SSSR count). The molecule has 0 aliphatic carbocycles. The fraction of sp³-hybridized carbons (Fsp3) is 0.235. The molecule has 1 aromatic heterocycles. The number of hydrogen-bond acceptors (Lipinski definition) is 2. The first-order valence-electron chi connectivity index (χ1n) is 7.07. The highest BCUT2D eigenvalue weighted by molar-refractivity contribution is 5.87. The third-order valence-corrected chi connectivity index (χ3v) is 4.18. The number of para-hydroxylation sites is 1. The number of nitrogens with zero attached hydrogens (tertiary/aromatic N) is 2. The van der Waals surface area contributed by atoms with E-state index in [0.717, 1.165) is 18.8 Å². The Morgan fingerprint density at radius 1 is 1.10 bits per heavy atom. The summed E-state index contributed by atoms with van der Waals surface area (Å²) in [7, 11) is 0. The van der Waals surface area contributed by atoms with E-state index in [4.69, 9.17) is 5.73 Å². The van der Waals surface area contributed by atoms with Crippen LogP contribution in [0.2, 0.25) is 0 Å². The standard InChI is InChI=1S/C17H20N3/c1-3-12-20(14-8-10-19-11-9-14)16-7-5-4-6-15(16)13(2)17(20)18/h4-11H,3,12,18H2,1-2H3/q+1. The van der Waals surface area contributed by atoms with Crippen molar-refractivity contribution in [3.05, 3.63) is 60.2 Å². The predicted molar refractivity (Wildman–Crippen MR) is 84.1 cm³/mol. The Morgan fingerprint density at radius 3 is 2.50 bits per heavy atom. The maximum atomic E-state index is 6.56. The summed E-state index contributed by atoms with van der Waals surface area (Å²) in [6.07, 6.45) is 4.74. The highest BCUT2D eigenvalue weighted by atomic mass is 15.4. The van der Waals surface area contributed by atoms with Crippen molar-refractivity contribution in [1.29, 1.82) is 0 Å². The van der Waals surface area contributed by atoms with Gasteiger partial charge in [0.15, 0.2) is 5.69 Å². The molecule has 0 bridgehead atoms. The molecule has 102 valence electrons. The SMILES string of the molecule is CCC[N+]1(c2ccncc2)C(N)=C(C)c2ccccc21. The number of nitrogens with two attached hydrogens (primary N) is 1. The number of hydrogen-bond donors (Lipinski definition) is 1. The van der Waals surface area contributed by atoms with Crippen LogP contribution < -0.4 is 10.2 Å². The number of quaternary nitrogens is 1. The zero-order valence-electron chi connectivity index (χ0n) is 12.0. The van der Waals surface area contributed by atoms with Crippen LogP contribution in [0.3, 0.4) is 0 Å². The Balaban J connectivity index is 2.32. The minimum atomic E-state index is 0.626. The molecule has 1 unspecified atom stereocenters. The van der Waals surface area contributed by atoms with Gasteiger partial charge < -0.3 is 5.73 Å². The number of fused-ring (bicyclic) bond motifs is 1. The maximum absolute atomic E-state index is 6.56. The van der Waals surface area contributed by atoms with Crippen LogP contribution in [-0.4, -0.2) is 11.5 Å². The van der Waals surface area contributed by atoms with Gasteiger partial charge in [-0.05, 0) is 19.4 Å². The first-order valence-corrected chi connectivity index (χ1v) is 7.07. The fourth-order valence-corrected chi connectivity index (χ4v) is 3.26. The topological polar surface area (TPSA) is 38.9 Å². The van der Waals surface area contributed by atoms with Crippen LogP contribution >= 0.6 is 0 Å². The van der Waals surface area contributed by atoms with Crippen LogP contribution in [0.1, 0.15) is 25.8 Å². The summed E-state index contributed by atoms with van der Waals surface area (Å²) < 4.78 is 0.626. The van der Waals surface area contributed by atoms with Gasteiger partial charge in [0.2, 0.25) is 5.82 Å². The van der Waals surface area contributed by atoms with E-state index < -0.39 is 0 Å². The quantitative estimate of drug-likeness (QED) is 0.858. The average Bonchev–Trinajstić information content (AvgIpc) is 2.72. The minimum Gasteiger partial charge on any atom is -0.354 e. The Bertz CT molecular complexity index is 661. The molecule has 0 radical (unpaired) electrons. The van der Waals surface area contributed by atoms with Crippen LogP contribution in [0.5, 0.6) is 0 Å². The van der Waals surface area contributed by atoms with Gasteiger partial charge in [-0.1, -0.05) is 19.1 Å². The lowest BCUT2D eigenvalue weighted by Gasteiger charge is -2.34. The van der Waals surface area contributed by atoms with Gasteiger partial charge in [0.1, 0.15) is 5.69 Å². The first kappa shape index (κ1) is 12.9. The van der Waals surface area contributed by atoms with Crippen molar-refractivity contribution >= 4 is 16.9 Å². The zero-order valence-corrected chi connectivity index (χ0v) is 12.0. The highest BCUT2D eigenvalue weighted by Gasteiger charge is 2.44. The largest absolute Gasteiger partial charge is 0.354 e. The summed E-state index contributed by atoms with van der Waals surface area (Å²) in [4.78, 5) is 4.14. The first-order chi connectivity index (χ1) is 9.71. The monoisotopic (exact) mass is 266 g/mol. The lowest BCUT2D eigenvalue weighted by atomic mass is 10.1. The van der Waals surface area contributed by atoms with Crippen molar-refractivity contribution in [1.82, 2.24) is 9.47 Å². The summed E-state index contributed by atoms with van der Waals surface area (Å²) >= 11 is 0. The van der Waals surface area contributed by atoms with E-state index in [1.165, 1.54) is 22.5 Å². The molecule has 0 fully saturated rings. The summed E-state index contributed by atoms with van der Waals surface area (Å²) in [5, 5.41) is 0. The molecular weight excluding hydrogens is 246 g/mol. The van der Waals surface area contributed by atoms with Crippen LogP contribution in [-0.2, 0) is 0 Å². The Labute approximate surface area is 120 Å². The molecule has 0 amide bonds. The second-order valence-corrected chi connectivity index (χ2v) is 5.27. The Hall–Kier alpha value is -2.13. The van der Waals surface area contributed by atoms with Gasteiger partial charge in [-0.3, -0.25) is 4.98 Å². The fourth-order valence-electron chi connectivity index (χ4n) is 3.26. The Morgan fingerprint density at radius 2 is 1.80 bits per heavy atom. The minimum absolute atomic E-state index is 0.626. The van der Waals surface area contributed by atoms with Crippen LogP contribution in [0.4, 0.5) is 11.4 Å². The number of benzene rings is 1. The van der Waals surface area contributed by atoms with Gasteiger partial charge in [-0.15, -0.1) is 0 Å². The number of rotatable bonds is 3. The van der Waals surface area contributed by atoms with E-state index in [2.05, 4.69) is 55.2 Å². The van der Waals surface area contributed by atoms with E-state index in [9.17, 15) is 0 Å². The van der Waals surface area contributed by atoms with Crippen molar-refractivity contribution < 1.29 is 0 Å². The van der Waals surface area contributed by atoms with Crippen molar-refractivity contribution in [3.8, 4) is 0 Å². The summed E-state index contributed by atoms with van der Waals surface area (Å²) in [6.45, 7) is 5.28. The molecule has 3 heteroatoms. The smallest absolute Gasteiger partial charge is 0.212 e. The number of aromatic nitrogens is 1. The average molecular weight is 266 g/mol. The molecule has 1 aliphatic rings. The maximum Gasteiger partial charge on any atom is 0.212 e. The summed E-state index contributed by atoms with van der Waals surface area (Å²) in [5.74, 6) is 0.930. The third kappa shape index (κ3) is 1.60. The van der Waals surface area contributed by atoms with Gasteiger partial charge in [0.05, 0.1) is 6.54 Å². The van der Waals surface area contributed by atoms with Crippen LogP contribution in [0, 0.1) is 0 Å². The van der Waals surface area contributed by atoms with Crippen molar-refractivity contribution in [2.24, 2.45) is 5.73 Å². The molecule has 0 spiro atoms. The molecule has 2 aromatic rings. The Kier molecular flexibility index (Phi) is 3.07. The van der Waals surface area contributed by atoms with Crippen molar-refractivity contribution in [3.63, 3.8) is 0 Å². The van der Waals surface area contributed by atoms with Gasteiger partial charge in [0, 0.05) is 41.7 Å². The molecule has 1 aromatic carbocycles. The normalized spacial score (nSPS) is 21.1. The van der Waals surface area contributed by atoms with Crippen molar-refractivity contribution in [2.45, 2.75) is 20.3 Å². The lowest BCUT2D eigenvalue weighted by molar-refractivity contribution is 0.466. The molecular formula is C17H20N3+. The van der Waals surface area contributed by atoms with E-state index >= 15 is 0 Å². The lowest BCUT2D eigenvalue weighted by Crippen LogP contribution is -2.45. The van der Waals surface area contributed by atoms with E-state index in [0.29, 0.717) is 4.48 Å². The second-order valence-electron chi connectivity index (χ2n) is 5.27. The van der Waals surface area contributed by atoms with E-state index in [1.54, 1.807) is 0 Å². The number of allylic oxidation sites excluding steroid dienone is 1. The predicted octanol–water partition coefficient (Wildman–Crippen LogP) is 3.79. The van der Waals surface area contributed by atoms with Crippen molar-refractivity contribution in [2.75, 3.05) is 6.54 Å². The zero-order chi connectivity index (χ0) is 14.2. The molecule has 1 aliphatic heterocycles. The molecule has 1 atom stereocenters. The summed E-state index contributed by atoms with van der Waals surface area (Å²) in [5.41, 5.74) is 11.5. The van der Waals surface area contributed by atoms with Crippen LogP contribution in [0.15, 0.2) is 54.6 Å². The van der Waals surface area contributed by atoms with Gasteiger partial charge in [-0.25, -0.2) is 4.48 Å². The third-order valence-electron chi connectivity index (χ3n) is 4.18. The molecule has 2 N–H and O–H groups in total. The molecule has 3 nitrogen and oxygen atoms in total. The molecule has 0 saturated heterocycles. The van der Waals surface area contributed by atoms with Gasteiger partial charge in [-0.2, -0.15) is 0 Å².